The molecule has 0 bridgehead atoms. The van der Waals surface area contributed by atoms with Crippen molar-refractivity contribution in [1.82, 2.24) is 4.90 Å². The number of nitrogens with two attached hydrogens (primary N) is 1. The van der Waals surface area contributed by atoms with Crippen LogP contribution in [0.25, 0.3) is 4.98 Å². The van der Waals surface area contributed by atoms with Gasteiger partial charge >= 0.3 is 5.69 Å². The van der Waals surface area contributed by atoms with E-state index in [1.54, 1.807) is 19.0 Å². The van der Waals surface area contributed by atoms with Crippen molar-refractivity contribution in [2.45, 2.75) is 24.5 Å². The van der Waals surface area contributed by atoms with Crippen LogP contribution in [0.3, 0.4) is 0 Å². The molecule has 3 aliphatic rings. The molecule has 0 radical (unpaired) electrons. The number of fused-ring (bicyclic) bond motifs is 3. The fraction of sp³-hybridized carbons (Fsp3) is 0.522. The number of carbonyl (C=O) groups excluding carboxylic acids is 5. The first-order chi connectivity index (χ1) is 16.3. The maximum atomic E-state index is 13.7. The van der Waals surface area contributed by atoms with E-state index in [0.29, 0.717) is 11.3 Å². The van der Waals surface area contributed by atoms with Gasteiger partial charge in [-0.15, -0.1) is 0 Å². The predicted octanol–water partition coefficient (Wildman–Crippen LogP) is -0.582. The standard InChI is InChI=1S/C23H25N5O7/c1-27(2)12-7-11(26-25)17(29)14-9(12)5-8-6-10-16(28(3)4)19(31)15(22(24)34)21(33)23(10,35)20(32)13(8)18(14)30/h7-8,10,13,15-16,35H,5-6H2,1-4H3,(H2-,24,29,30,34)/p+1/t8?,10?,13?,15?,16-,23-/m0/s1. The number of nitrogens with zero attached hydrogens (tertiary/aromatic N) is 4. The minimum absolute atomic E-state index is 0.0380. The van der Waals surface area contributed by atoms with Gasteiger partial charge in [0.2, 0.25) is 17.0 Å². The first kappa shape index (κ1) is 24.4. The van der Waals surface area contributed by atoms with Crippen LogP contribution >= 0.6 is 0 Å². The fourth-order valence-electron chi connectivity index (χ4n) is 6.11. The Hall–Kier alpha value is -3.69. The minimum atomic E-state index is -2.78. The zero-order chi connectivity index (χ0) is 26.1. The Labute approximate surface area is 200 Å². The summed E-state index contributed by atoms with van der Waals surface area (Å²) in [6.07, 6.45) is 0.0856. The molecule has 0 spiro atoms. The first-order valence-corrected chi connectivity index (χ1v) is 11.0. The Morgan fingerprint density at radius 3 is 2.31 bits per heavy atom. The van der Waals surface area contributed by atoms with E-state index in [0.717, 1.165) is 0 Å². The van der Waals surface area contributed by atoms with Crippen LogP contribution in [-0.4, -0.2) is 84.0 Å². The SMILES string of the molecule is CN(C)c1cc([N+]#N)c(O)c2c1CC1CC3[C@H](N(C)C)C(=O)C(C(N)=O)C(=O)[C@@]3(O)C(=O)C1C2=O. The second-order valence-electron chi connectivity index (χ2n) is 9.90. The number of Topliss-reactive ketones (excluding diaryl/α,β-unsaturated/α-hetero) is 4. The number of ketones is 4. The molecular weight excluding hydrogens is 458 g/mol. The van der Waals surface area contributed by atoms with Crippen LogP contribution in [0.1, 0.15) is 22.3 Å². The number of anilines is 1. The summed E-state index contributed by atoms with van der Waals surface area (Å²) in [4.78, 5) is 71.8. The molecule has 3 aliphatic carbocycles. The summed E-state index contributed by atoms with van der Waals surface area (Å²) in [6.45, 7) is 0. The fourth-order valence-corrected chi connectivity index (χ4v) is 6.11. The van der Waals surface area contributed by atoms with E-state index in [1.807, 2.05) is 0 Å². The largest absolute Gasteiger partial charge is 0.501 e. The van der Waals surface area contributed by atoms with E-state index in [1.165, 1.54) is 25.1 Å². The lowest BCUT2D eigenvalue weighted by Crippen LogP contribution is -2.74. The second-order valence-corrected chi connectivity index (χ2v) is 9.90. The summed E-state index contributed by atoms with van der Waals surface area (Å²) < 4.78 is 0. The van der Waals surface area contributed by atoms with Crippen molar-refractivity contribution < 1.29 is 34.2 Å². The van der Waals surface area contributed by atoms with Crippen LogP contribution in [0.5, 0.6) is 5.75 Å². The first-order valence-electron chi connectivity index (χ1n) is 11.0. The van der Waals surface area contributed by atoms with Gasteiger partial charge in [0.1, 0.15) is 0 Å². The van der Waals surface area contributed by atoms with Gasteiger partial charge in [0, 0.05) is 25.7 Å². The van der Waals surface area contributed by atoms with Gasteiger partial charge in [-0.05, 0) is 38.4 Å². The number of hydrogen-bond acceptors (Lipinski definition) is 10. The summed E-state index contributed by atoms with van der Waals surface area (Å²) >= 11 is 0. The van der Waals surface area contributed by atoms with E-state index in [-0.39, 0.29) is 24.1 Å². The lowest BCUT2D eigenvalue weighted by atomic mass is 9.52. The van der Waals surface area contributed by atoms with Crippen LogP contribution in [0.4, 0.5) is 11.4 Å². The number of aromatic hydroxyl groups is 1. The highest BCUT2D eigenvalue weighted by Gasteiger charge is 2.69. The Kier molecular flexibility index (Phi) is 5.53. The molecule has 6 atom stereocenters. The predicted molar refractivity (Wildman–Crippen MR) is 120 cm³/mol. The third-order valence-electron chi connectivity index (χ3n) is 7.61. The summed E-state index contributed by atoms with van der Waals surface area (Å²) in [5.74, 6) is -11.4. The number of amides is 1. The molecule has 4 N–H and O–H groups in total. The van der Waals surface area contributed by atoms with Gasteiger partial charge in [0.25, 0.3) is 0 Å². The molecule has 184 valence electrons. The number of phenolic OH excluding ortho intramolecular Hbond substituents is 1. The number of primary amides is 1. The Balaban J connectivity index is 1.92. The van der Waals surface area contributed by atoms with Gasteiger partial charge in [0.15, 0.2) is 39.6 Å². The van der Waals surface area contributed by atoms with Crippen molar-refractivity contribution in [3.63, 3.8) is 0 Å². The van der Waals surface area contributed by atoms with Crippen molar-refractivity contribution in [3.05, 3.63) is 22.2 Å². The molecule has 4 unspecified atom stereocenters. The highest BCUT2D eigenvalue weighted by atomic mass is 16.3. The molecular formula is C23H26N5O7+. The van der Waals surface area contributed by atoms with E-state index in [2.05, 4.69) is 4.98 Å². The molecule has 1 amide bonds. The quantitative estimate of drug-likeness (QED) is 0.370. The van der Waals surface area contributed by atoms with Crippen molar-refractivity contribution in [1.29, 1.82) is 5.39 Å². The lowest BCUT2D eigenvalue weighted by molar-refractivity contribution is -0.181. The van der Waals surface area contributed by atoms with E-state index in [9.17, 15) is 39.6 Å². The van der Waals surface area contributed by atoms with Gasteiger partial charge in [-0.2, -0.15) is 0 Å². The Morgan fingerprint density at radius 1 is 1.17 bits per heavy atom. The van der Waals surface area contributed by atoms with E-state index < -0.39 is 70.1 Å². The number of phenols is 1. The molecule has 0 saturated heterocycles. The highest BCUT2D eigenvalue weighted by Crippen LogP contribution is 2.53. The molecule has 35 heavy (non-hydrogen) atoms. The molecule has 1 aromatic carbocycles. The van der Waals surface area contributed by atoms with Crippen molar-refractivity contribution in [2.24, 2.45) is 29.4 Å². The lowest BCUT2D eigenvalue weighted by Gasteiger charge is -2.52. The normalized spacial score (nSPS) is 32.0. The number of rotatable bonds is 3. The number of diazo groups is 1. The number of benzene rings is 1. The summed E-state index contributed by atoms with van der Waals surface area (Å²) in [7, 11) is 6.44. The number of carbonyl (C=O) groups is 5. The van der Waals surface area contributed by atoms with Crippen molar-refractivity contribution in [3.8, 4) is 5.75 Å². The Morgan fingerprint density at radius 2 is 1.80 bits per heavy atom. The minimum Gasteiger partial charge on any atom is -0.501 e. The number of likely N-dealkylation sites (N-methyl/N-ethyl adjacent to an activating group) is 1. The maximum absolute atomic E-state index is 13.7. The average Bonchev–Trinajstić information content (AvgIpc) is 2.75. The summed E-state index contributed by atoms with van der Waals surface area (Å²) in [6, 6.07) is 0.241. The zero-order valence-electron chi connectivity index (χ0n) is 19.7. The van der Waals surface area contributed by atoms with Crippen LogP contribution in [0, 0.1) is 29.1 Å². The molecule has 0 aliphatic heterocycles. The van der Waals surface area contributed by atoms with Crippen LogP contribution in [-0.2, 0) is 25.6 Å². The second kappa shape index (κ2) is 7.93. The highest BCUT2D eigenvalue weighted by molar-refractivity contribution is 6.32. The molecule has 2 fully saturated rings. The van der Waals surface area contributed by atoms with E-state index >= 15 is 0 Å². The summed E-state index contributed by atoms with van der Waals surface area (Å²) in [5, 5.41) is 31.5. The van der Waals surface area contributed by atoms with Crippen LogP contribution in [0.2, 0.25) is 0 Å². The van der Waals surface area contributed by atoms with Gasteiger partial charge in [-0.1, -0.05) is 0 Å². The van der Waals surface area contributed by atoms with E-state index in [4.69, 9.17) is 5.73 Å². The molecule has 12 nitrogen and oxygen atoms in total. The van der Waals surface area contributed by atoms with Crippen LogP contribution < -0.4 is 10.6 Å². The van der Waals surface area contributed by atoms with Gasteiger partial charge in [0.05, 0.1) is 23.6 Å². The molecule has 1 aromatic rings. The molecule has 12 heteroatoms. The zero-order valence-corrected chi connectivity index (χ0v) is 19.7. The van der Waals surface area contributed by atoms with Crippen molar-refractivity contribution in [2.75, 3.05) is 33.1 Å². The summed E-state index contributed by atoms with van der Waals surface area (Å²) in [5.41, 5.74) is 2.92. The van der Waals surface area contributed by atoms with Gasteiger partial charge in [-0.3, -0.25) is 28.9 Å². The molecule has 0 heterocycles. The van der Waals surface area contributed by atoms with Gasteiger partial charge in [-0.25, -0.2) is 0 Å². The smallest absolute Gasteiger partial charge is 0.428 e. The van der Waals surface area contributed by atoms with Gasteiger partial charge < -0.3 is 20.8 Å². The van der Waals surface area contributed by atoms with Crippen LogP contribution in [0.15, 0.2) is 6.07 Å². The Bertz CT molecular complexity index is 1250. The molecule has 4 rings (SSSR count). The monoisotopic (exact) mass is 484 g/mol. The average molecular weight is 484 g/mol. The number of aliphatic hydroxyl groups is 1. The molecule has 0 aromatic heterocycles. The third-order valence-corrected chi connectivity index (χ3v) is 7.61. The maximum Gasteiger partial charge on any atom is 0.428 e. The topological polar surface area (TPSA) is 186 Å². The third kappa shape index (κ3) is 3.11. The van der Waals surface area contributed by atoms with Crippen molar-refractivity contribution >= 4 is 40.4 Å². The molecule has 2 saturated carbocycles. The number of hydrogen-bond donors (Lipinski definition) is 3.